The number of esters is 1. The summed E-state index contributed by atoms with van der Waals surface area (Å²) >= 11 is 0. The van der Waals surface area contributed by atoms with Gasteiger partial charge in [-0.25, -0.2) is 0 Å². The number of rotatable bonds is 9. The first-order valence-electron chi connectivity index (χ1n) is 11.3. The number of carbonyl (C=O) groups is 1. The van der Waals surface area contributed by atoms with Crippen molar-refractivity contribution in [3.05, 3.63) is 0 Å². The van der Waals surface area contributed by atoms with Gasteiger partial charge >= 0.3 is 5.97 Å². The Balaban J connectivity index is 1.68. The lowest BCUT2D eigenvalue weighted by molar-refractivity contribution is -0.158. The summed E-state index contributed by atoms with van der Waals surface area (Å²) in [7, 11) is 0. The maximum Gasteiger partial charge on any atom is 0.311 e. The number of ether oxygens (including phenoxy) is 1. The van der Waals surface area contributed by atoms with E-state index in [-0.39, 0.29) is 11.4 Å². The first-order valence-corrected chi connectivity index (χ1v) is 11.3. The van der Waals surface area contributed by atoms with Crippen molar-refractivity contribution in [3.8, 4) is 0 Å². The van der Waals surface area contributed by atoms with Crippen LogP contribution in [0.5, 0.6) is 0 Å². The molecule has 0 atom stereocenters. The molecule has 2 saturated carbocycles. The Hall–Kier alpha value is -0.530. The van der Waals surface area contributed by atoms with Crippen molar-refractivity contribution in [3.63, 3.8) is 0 Å². The van der Waals surface area contributed by atoms with Gasteiger partial charge in [-0.2, -0.15) is 0 Å². The molecule has 2 aliphatic carbocycles. The number of hydrogen-bond donors (Lipinski definition) is 0. The summed E-state index contributed by atoms with van der Waals surface area (Å²) in [6, 6.07) is 0. The number of carbonyl (C=O) groups excluding carboxylic acids is 1. The van der Waals surface area contributed by atoms with Gasteiger partial charge in [0.25, 0.3) is 0 Å². The SMILES string of the molecule is CCCCCCOC(=O)C1(C)CCC(C2CCC(CCC)CC2)CC1. The standard InChI is InChI=1S/C23H42O2/c1-4-6-7-8-18-25-22(24)23(3)16-14-21(15-17-23)20-12-10-19(9-5-2)11-13-20/h19-21H,4-18H2,1-3H3. The van der Waals surface area contributed by atoms with E-state index in [4.69, 9.17) is 4.74 Å². The van der Waals surface area contributed by atoms with Crippen LogP contribution < -0.4 is 0 Å². The van der Waals surface area contributed by atoms with Crippen LogP contribution in [0.25, 0.3) is 0 Å². The Labute approximate surface area is 156 Å². The average molecular weight is 351 g/mol. The van der Waals surface area contributed by atoms with E-state index in [0.29, 0.717) is 6.61 Å². The van der Waals surface area contributed by atoms with Gasteiger partial charge in [0.1, 0.15) is 0 Å². The van der Waals surface area contributed by atoms with E-state index in [1.54, 1.807) is 0 Å². The van der Waals surface area contributed by atoms with Gasteiger partial charge in [-0.3, -0.25) is 4.79 Å². The molecule has 2 heteroatoms. The van der Waals surface area contributed by atoms with Crippen LogP contribution in [-0.2, 0) is 9.53 Å². The summed E-state index contributed by atoms with van der Waals surface area (Å²) < 4.78 is 5.61. The molecule has 0 amide bonds. The zero-order chi connectivity index (χ0) is 18.1. The fraction of sp³-hybridized carbons (Fsp3) is 0.957. The highest BCUT2D eigenvalue weighted by molar-refractivity contribution is 5.76. The van der Waals surface area contributed by atoms with Crippen LogP contribution in [0.3, 0.4) is 0 Å². The van der Waals surface area contributed by atoms with E-state index in [2.05, 4.69) is 20.8 Å². The minimum atomic E-state index is -0.208. The van der Waals surface area contributed by atoms with Gasteiger partial charge in [-0.05, 0) is 69.6 Å². The lowest BCUT2D eigenvalue weighted by Crippen LogP contribution is -2.36. The molecule has 0 aromatic carbocycles. The van der Waals surface area contributed by atoms with Gasteiger partial charge in [-0.1, -0.05) is 58.8 Å². The summed E-state index contributed by atoms with van der Waals surface area (Å²) in [6.07, 6.45) is 17.8. The third-order valence-electron chi connectivity index (χ3n) is 7.11. The lowest BCUT2D eigenvalue weighted by Gasteiger charge is -2.40. The maximum absolute atomic E-state index is 12.5. The fourth-order valence-electron chi connectivity index (χ4n) is 5.18. The second-order valence-corrected chi connectivity index (χ2v) is 9.16. The van der Waals surface area contributed by atoms with Crippen LogP contribution in [0, 0.1) is 23.2 Å². The normalized spacial score (nSPS) is 33.2. The number of hydrogen-bond acceptors (Lipinski definition) is 2. The largest absolute Gasteiger partial charge is 0.465 e. The third-order valence-corrected chi connectivity index (χ3v) is 7.11. The van der Waals surface area contributed by atoms with Crippen molar-refractivity contribution >= 4 is 5.97 Å². The maximum atomic E-state index is 12.5. The zero-order valence-electron chi connectivity index (χ0n) is 17.2. The molecule has 2 nitrogen and oxygen atoms in total. The summed E-state index contributed by atoms with van der Waals surface area (Å²) in [6.45, 7) is 7.30. The highest BCUT2D eigenvalue weighted by Gasteiger charge is 2.41. The Bertz CT molecular complexity index is 374. The minimum Gasteiger partial charge on any atom is -0.465 e. The van der Waals surface area contributed by atoms with Crippen molar-refractivity contribution in [2.75, 3.05) is 6.61 Å². The second kappa shape index (κ2) is 10.6. The van der Waals surface area contributed by atoms with E-state index in [0.717, 1.165) is 37.0 Å². The Kier molecular flexibility index (Phi) is 8.79. The first kappa shape index (κ1) is 20.8. The molecule has 0 spiro atoms. The van der Waals surface area contributed by atoms with Gasteiger partial charge in [-0.15, -0.1) is 0 Å². The van der Waals surface area contributed by atoms with Crippen molar-refractivity contribution in [2.45, 2.75) is 111 Å². The second-order valence-electron chi connectivity index (χ2n) is 9.16. The van der Waals surface area contributed by atoms with Gasteiger partial charge in [0.05, 0.1) is 12.0 Å². The first-order chi connectivity index (χ1) is 12.1. The molecule has 0 aliphatic heterocycles. The van der Waals surface area contributed by atoms with Crippen LogP contribution in [0.4, 0.5) is 0 Å². The van der Waals surface area contributed by atoms with Crippen molar-refractivity contribution in [2.24, 2.45) is 23.2 Å². The molecule has 0 unspecified atom stereocenters. The molecular formula is C23H42O2. The molecule has 2 rings (SSSR count). The van der Waals surface area contributed by atoms with Crippen LogP contribution in [-0.4, -0.2) is 12.6 Å². The molecule has 146 valence electrons. The molecule has 0 N–H and O–H groups in total. The molecule has 0 heterocycles. The Morgan fingerprint density at radius 3 is 2.12 bits per heavy atom. The van der Waals surface area contributed by atoms with Crippen LogP contribution in [0.1, 0.15) is 111 Å². The Morgan fingerprint density at radius 1 is 0.880 bits per heavy atom. The van der Waals surface area contributed by atoms with E-state index < -0.39 is 0 Å². The molecule has 0 aromatic heterocycles. The van der Waals surface area contributed by atoms with E-state index in [9.17, 15) is 4.79 Å². The van der Waals surface area contributed by atoms with Crippen LogP contribution >= 0.6 is 0 Å². The van der Waals surface area contributed by atoms with Crippen LogP contribution in [0.15, 0.2) is 0 Å². The van der Waals surface area contributed by atoms with Crippen LogP contribution in [0.2, 0.25) is 0 Å². The van der Waals surface area contributed by atoms with E-state index in [1.165, 1.54) is 70.6 Å². The predicted molar refractivity (Wildman–Crippen MR) is 106 cm³/mol. The van der Waals surface area contributed by atoms with Crippen molar-refractivity contribution in [1.29, 1.82) is 0 Å². The predicted octanol–water partition coefficient (Wildman–Crippen LogP) is 6.91. The highest BCUT2D eigenvalue weighted by Crippen LogP contribution is 2.46. The minimum absolute atomic E-state index is 0.0779. The van der Waals surface area contributed by atoms with Crippen molar-refractivity contribution < 1.29 is 9.53 Å². The van der Waals surface area contributed by atoms with Gasteiger partial charge in [0, 0.05) is 0 Å². The molecule has 25 heavy (non-hydrogen) atoms. The summed E-state index contributed by atoms with van der Waals surface area (Å²) in [5.41, 5.74) is -0.208. The fourth-order valence-corrected chi connectivity index (χ4v) is 5.18. The molecule has 0 aromatic rings. The third kappa shape index (κ3) is 6.29. The number of unbranched alkanes of at least 4 members (excludes halogenated alkanes) is 3. The van der Waals surface area contributed by atoms with E-state index >= 15 is 0 Å². The van der Waals surface area contributed by atoms with Gasteiger partial charge in [0.15, 0.2) is 0 Å². The molecular weight excluding hydrogens is 308 g/mol. The molecule has 0 bridgehead atoms. The lowest BCUT2D eigenvalue weighted by atomic mass is 9.65. The van der Waals surface area contributed by atoms with Gasteiger partial charge in [0.2, 0.25) is 0 Å². The molecule has 2 aliphatic rings. The monoisotopic (exact) mass is 350 g/mol. The summed E-state index contributed by atoms with van der Waals surface area (Å²) in [4.78, 5) is 12.5. The van der Waals surface area contributed by atoms with E-state index in [1.807, 2.05) is 0 Å². The summed E-state index contributed by atoms with van der Waals surface area (Å²) in [5, 5.41) is 0. The van der Waals surface area contributed by atoms with Gasteiger partial charge < -0.3 is 4.74 Å². The van der Waals surface area contributed by atoms with Crippen molar-refractivity contribution in [1.82, 2.24) is 0 Å². The topological polar surface area (TPSA) is 26.3 Å². The zero-order valence-corrected chi connectivity index (χ0v) is 17.2. The average Bonchev–Trinajstić information content (AvgIpc) is 2.63. The quantitative estimate of drug-likeness (QED) is 0.333. The molecule has 2 fully saturated rings. The Morgan fingerprint density at radius 2 is 1.52 bits per heavy atom. The summed E-state index contributed by atoms with van der Waals surface area (Å²) in [5.74, 6) is 2.88. The molecule has 0 saturated heterocycles. The smallest absolute Gasteiger partial charge is 0.311 e. The molecule has 0 radical (unpaired) electrons. The highest BCUT2D eigenvalue weighted by atomic mass is 16.5.